The van der Waals surface area contributed by atoms with Crippen molar-refractivity contribution in [2.24, 2.45) is 40.9 Å². The van der Waals surface area contributed by atoms with Gasteiger partial charge in [-0.15, -0.1) is 0 Å². The molecule has 0 aliphatic heterocycles. The van der Waals surface area contributed by atoms with Crippen LogP contribution in [0.5, 0.6) is 0 Å². The molecule has 6 saturated carbocycles. The van der Waals surface area contributed by atoms with Gasteiger partial charge in [0.2, 0.25) is 0 Å². The zero-order valence-corrected chi connectivity index (χ0v) is 13.9. The highest BCUT2D eigenvalue weighted by molar-refractivity contribution is 9.10. The first-order valence-electron chi connectivity index (χ1n) is 7.59. The predicted molar refractivity (Wildman–Crippen MR) is 79.3 cm³/mol. The van der Waals surface area contributed by atoms with Gasteiger partial charge in [-0.05, 0) is 54.6 Å². The van der Waals surface area contributed by atoms with E-state index in [2.05, 4.69) is 15.9 Å². The van der Waals surface area contributed by atoms with Crippen LogP contribution in [0.4, 0.5) is 0 Å². The molecular weight excluding hydrogens is 352 g/mol. The summed E-state index contributed by atoms with van der Waals surface area (Å²) in [5.74, 6) is 4.77. The van der Waals surface area contributed by atoms with Crippen LogP contribution in [0.2, 0.25) is 0 Å². The fourth-order valence-corrected chi connectivity index (χ4v) is 9.53. The topological polar surface area (TPSA) is 43.4 Å². The molecule has 3 nitrogen and oxygen atoms in total. The van der Waals surface area contributed by atoms with E-state index >= 15 is 0 Å². The second-order valence-electron chi connectivity index (χ2n) is 7.62. The van der Waals surface area contributed by atoms with E-state index in [0.717, 1.165) is 41.1 Å². The summed E-state index contributed by atoms with van der Waals surface area (Å²) in [6.45, 7) is 2.36. The molecule has 5 heteroatoms. The minimum absolute atomic E-state index is 0.243. The molecule has 0 unspecified atom stereocenters. The normalized spacial score (nSPS) is 56.3. The number of hydrogen-bond donors (Lipinski definition) is 0. The van der Waals surface area contributed by atoms with Crippen molar-refractivity contribution in [3.05, 3.63) is 29.8 Å². The lowest BCUT2D eigenvalue weighted by atomic mass is 8.96. The number of alkyl halides is 1. The molecule has 0 N–H and O–H groups in total. The Bertz CT molecular complexity index is 744. The monoisotopic (exact) mass is 366 g/mol. The molecule has 0 amide bonds. The van der Waals surface area contributed by atoms with Crippen LogP contribution in [0.1, 0.15) is 5.56 Å². The maximum Gasteiger partial charge on any atom is 0.296 e. The minimum atomic E-state index is -3.60. The summed E-state index contributed by atoms with van der Waals surface area (Å²) in [7, 11) is -3.60. The van der Waals surface area contributed by atoms with Gasteiger partial charge in [-0.1, -0.05) is 33.6 Å². The van der Waals surface area contributed by atoms with Gasteiger partial charge in [0.25, 0.3) is 10.1 Å². The lowest BCUT2D eigenvalue weighted by molar-refractivity contribution is -0.596. The predicted octanol–water partition coefficient (Wildman–Crippen LogP) is 2.59. The number of benzene rings is 1. The van der Waals surface area contributed by atoms with Gasteiger partial charge in [0.1, 0.15) is 0 Å². The first-order chi connectivity index (χ1) is 9.94. The van der Waals surface area contributed by atoms with Gasteiger partial charge in [-0.2, -0.15) is 8.42 Å². The smallest absolute Gasteiger partial charge is 0.266 e. The van der Waals surface area contributed by atoms with Gasteiger partial charge in [0, 0.05) is 9.74 Å². The quantitative estimate of drug-likeness (QED) is 0.607. The molecular formula is C16H15BrO3S. The Morgan fingerprint density at radius 2 is 1.57 bits per heavy atom. The van der Waals surface area contributed by atoms with E-state index in [4.69, 9.17) is 4.18 Å². The lowest BCUT2D eigenvalue weighted by Crippen LogP contribution is -3.11. The van der Waals surface area contributed by atoms with Gasteiger partial charge in [0.15, 0.2) is 0 Å². The fraction of sp³-hybridized carbons (Fsp3) is 0.625. The third kappa shape index (κ3) is 0.891. The summed E-state index contributed by atoms with van der Waals surface area (Å²) in [5, 5.41) is 0. The highest BCUT2D eigenvalue weighted by atomic mass is 79.9. The van der Waals surface area contributed by atoms with Gasteiger partial charge < -0.3 is 0 Å². The number of rotatable bonds is 4. The van der Waals surface area contributed by atoms with E-state index in [1.165, 1.54) is 0 Å². The second kappa shape index (κ2) is 3.00. The van der Waals surface area contributed by atoms with Gasteiger partial charge in [-0.3, -0.25) is 4.18 Å². The van der Waals surface area contributed by atoms with Crippen molar-refractivity contribution in [2.45, 2.75) is 16.1 Å². The Morgan fingerprint density at radius 3 is 2.10 bits per heavy atom. The van der Waals surface area contributed by atoms with Crippen molar-refractivity contribution in [2.75, 3.05) is 6.61 Å². The zero-order chi connectivity index (χ0) is 14.4. The van der Waals surface area contributed by atoms with Crippen LogP contribution < -0.4 is 0 Å². The lowest BCUT2D eigenvalue weighted by Gasteiger charge is -3.10. The van der Waals surface area contributed by atoms with Crippen molar-refractivity contribution in [1.29, 1.82) is 0 Å². The Labute approximate surface area is 132 Å². The largest absolute Gasteiger partial charge is 0.296 e. The third-order valence-corrected chi connectivity index (χ3v) is 10.4. The third-order valence-electron chi connectivity index (χ3n) is 7.49. The average molecular weight is 367 g/mol. The Morgan fingerprint density at radius 1 is 1.05 bits per heavy atom. The Balaban J connectivity index is 1.23. The van der Waals surface area contributed by atoms with Gasteiger partial charge >= 0.3 is 0 Å². The summed E-state index contributed by atoms with van der Waals surface area (Å²) < 4.78 is 30.6. The molecule has 6 aliphatic rings. The second-order valence-corrected chi connectivity index (χ2v) is 10.6. The summed E-state index contributed by atoms with van der Waals surface area (Å²) >= 11 is 3.92. The molecule has 0 bridgehead atoms. The van der Waals surface area contributed by atoms with Crippen LogP contribution in [0.15, 0.2) is 29.2 Å². The van der Waals surface area contributed by atoms with Crippen molar-refractivity contribution < 1.29 is 12.6 Å². The van der Waals surface area contributed by atoms with Crippen LogP contribution in [0.3, 0.4) is 0 Å². The van der Waals surface area contributed by atoms with Crippen LogP contribution in [0, 0.1) is 47.8 Å². The highest BCUT2D eigenvalue weighted by Crippen LogP contribution is 3.08. The van der Waals surface area contributed by atoms with E-state index in [0.29, 0.717) is 10.9 Å². The van der Waals surface area contributed by atoms with Crippen molar-refractivity contribution in [3.8, 4) is 0 Å². The Kier molecular flexibility index (Phi) is 1.72. The van der Waals surface area contributed by atoms with E-state index < -0.39 is 10.1 Å². The maximum absolute atomic E-state index is 12.3. The molecule has 0 heterocycles. The van der Waals surface area contributed by atoms with Gasteiger partial charge in [0.05, 0.1) is 11.5 Å². The molecule has 0 atom stereocenters. The van der Waals surface area contributed by atoms with Crippen LogP contribution in [0.25, 0.3) is 0 Å². The molecule has 7 rings (SSSR count). The SMILES string of the molecule is Cc1ccc(S(=O)(=O)OCC23C4C5C2C2C3C4C52Br)cc1. The molecule has 0 aromatic heterocycles. The van der Waals surface area contributed by atoms with E-state index in [1.807, 2.05) is 19.1 Å². The van der Waals surface area contributed by atoms with E-state index in [9.17, 15) is 8.42 Å². The average Bonchev–Trinajstić information content (AvgIpc) is 2.47. The zero-order valence-electron chi connectivity index (χ0n) is 11.5. The summed E-state index contributed by atoms with van der Waals surface area (Å²) in [5.41, 5.74) is 1.30. The van der Waals surface area contributed by atoms with Crippen molar-refractivity contribution >= 4 is 26.0 Å². The summed E-state index contributed by atoms with van der Waals surface area (Å²) in [6.07, 6.45) is 0. The number of hydrogen-bond acceptors (Lipinski definition) is 3. The standard InChI is InChI=1S/C16H15BrO3S/c1-7-2-4-8(5-3-7)21(18,19)20-6-15-9-12-10(15)14-11(15)13(9)16(12,14)17/h2-5,9-14H,6H2,1H3. The highest BCUT2D eigenvalue weighted by Gasteiger charge is 3.09. The molecule has 1 aromatic rings. The fourth-order valence-electron chi connectivity index (χ4n) is 6.86. The van der Waals surface area contributed by atoms with Crippen LogP contribution >= 0.6 is 15.9 Å². The molecule has 21 heavy (non-hydrogen) atoms. The molecule has 0 radical (unpaired) electrons. The first kappa shape index (κ1) is 12.1. The molecule has 6 fully saturated rings. The Hall–Kier alpha value is -0.390. The first-order valence-corrected chi connectivity index (χ1v) is 9.79. The maximum atomic E-state index is 12.3. The summed E-state index contributed by atoms with van der Waals surface area (Å²) in [4.78, 5) is 0.280. The molecule has 110 valence electrons. The molecule has 0 saturated heterocycles. The van der Waals surface area contributed by atoms with E-state index in [1.54, 1.807) is 12.1 Å². The van der Waals surface area contributed by atoms with Gasteiger partial charge in [-0.25, -0.2) is 0 Å². The van der Waals surface area contributed by atoms with Crippen molar-refractivity contribution in [1.82, 2.24) is 0 Å². The molecule has 0 spiro atoms. The molecule has 6 aliphatic carbocycles. The van der Waals surface area contributed by atoms with E-state index in [-0.39, 0.29) is 10.3 Å². The number of aryl methyl sites for hydroxylation is 1. The summed E-state index contributed by atoms with van der Waals surface area (Å²) in [6, 6.07) is 6.90. The van der Waals surface area contributed by atoms with Crippen LogP contribution in [-0.2, 0) is 14.3 Å². The molecule has 1 aromatic carbocycles. The van der Waals surface area contributed by atoms with Crippen LogP contribution in [-0.4, -0.2) is 19.3 Å². The van der Waals surface area contributed by atoms with Crippen molar-refractivity contribution in [3.63, 3.8) is 0 Å². The minimum Gasteiger partial charge on any atom is -0.266 e. The number of halogens is 1.